The quantitative estimate of drug-likeness (QED) is 0.737. The second-order valence-electron chi connectivity index (χ2n) is 5.45. The number of rotatable bonds is 8. The van der Waals surface area contributed by atoms with Crippen LogP contribution in [0.2, 0.25) is 0 Å². The molecule has 0 spiro atoms. The van der Waals surface area contributed by atoms with Crippen LogP contribution in [0.4, 0.5) is 11.5 Å². The highest BCUT2D eigenvalue weighted by atomic mass is 16.2. The van der Waals surface area contributed by atoms with Crippen LogP contribution in [-0.2, 0) is 0 Å². The monoisotopic (exact) mass is 311 g/mol. The highest BCUT2D eigenvalue weighted by molar-refractivity contribution is 6.05. The molecule has 0 bridgehead atoms. The molecule has 0 aliphatic heterocycles. The Morgan fingerprint density at radius 1 is 1.09 bits per heavy atom. The topological polar surface area (TPSA) is 45.2 Å². The molecule has 2 aromatic rings. The Kier molecular flexibility index (Phi) is 6.60. The van der Waals surface area contributed by atoms with Gasteiger partial charge >= 0.3 is 0 Å². The number of hydrogen-bond acceptors (Lipinski definition) is 3. The molecule has 0 atom stereocenters. The molecule has 1 aromatic carbocycles. The fourth-order valence-electron chi connectivity index (χ4n) is 2.42. The van der Waals surface area contributed by atoms with E-state index >= 15 is 0 Å². The van der Waals surface area contributed by atoms with Crippen LogP contribution in [-0.4, -0.2) is 24.0 Å². The summed E-state index contributed by atoms with van der Waals surface area (Å²) in [5.41, 5.74) is 1.51. The van der Waals surface area contributed by atoms with Gasteiger partial charge in [0.25, 0.3) is 5.91 Å². The average molecular weight is 311 g/mol. The number of pyridine rings is 1. The van der Waals surface area contributed by atoms with Crippen LogP contribution in [0.15, 0.2) is 48.7 Å². The Hall–Kier alpha value is -2.36. The first-order chi connectivity index (χ1) is 11.3. The van der Waals surface area contributed by atoms with Gasteiger partial charge in [0.15, 0.2) is 0 Å². The maximum atomic E-state index is 12.7. The molecule has 0 fully saturated rings. The van der Waals surface area contributed by atoms with E-state index in [2.05, 4.69) is 17.2 Å². The summed E-state index contributed by atoms with van der Waals surface area (Å²) in [6.07, 6.45) is 5.20. The third-order valence-corrected chi connectivity index (χ3v) is 3.73. The van der Waals surface area contributed by atoms with E-state index in [0.717, 1.165) is 24.5 Å². The maximum Gasteiger partial charge on any atom is 0.259 e. The zero-order chi connectivity index (χ0) is 16.5. The van der Waals surface area contributed by atoms with Crippen LogP contribution in [0, 0.1) is 0 Å². The number of hydrogen-bond donors (Lipinski definition) is 1. The first-order valence-electron chi connectivity index (χ1n) is 8.33. The summed E-state index contributed by atoms with van der Waals surface area (Å²) in [6, 6.07) is 13.4. The second kappa shape index (κ2) is 8.93. The number of carbonyl (C=O) groups is 1. The molecule has 0 aliphatic rings. The number of benzene rings is 1. The van der Waals surface area contributed by atoms with Crippen molar-refractivity contribution in [2.24, 2.45) is 0 Å². The number of anilines is 2. The highest BCUT2D eigenvalue weighted by Crippen LogP contribution is 2.17. The molecule has 1 amide bonds. The van der Waals surface area contributed by atoms with E-state index in [4.69, 9.17) is 0 Å². The molecule has 1 heterocycles. The number of nitrogens with one attached hydrogen (secondary N) is 1. The Balaban J connectivity index is 2.01. The Bertz CT molecular complexity index is 596. The summed E-state index contributed by atoms with van der Waals surface area (Å²) in [7, 11) is 0. The summed E-state index contributed by atoms with van der Waals surface area (Å²) >= 11 is 0. The fourth-order valence-corrected chi connectivity index (χ4v) is 2.42. The SMILES string of the molecule is CCCCCNc1ccc(C(=O)N(CC)c2ccccc2)cn1. The van der Waals surface area contributed by atoms with Gasteiger partial charge in [-0.1, -0.05) is 38.0 Å². The van der Waals surface area contributed by atoms with Gasteiger partial charge in [-0.15, -0.1) is 0 Å². The van der Waals surface area contributed by atoms with Crippen molar-refractivity contribution in [1.29, 1.82) is 0 Å². The van der Waals surface area contributed by atoms with Gasteiger partial charge in [-0.25, -0.2) is 4.98 Å². The lowest BCUT2D eigenvalue weighted by molar-refractivity contribution is 0.0988. The number of carbonyl (C=O) groups excluding carboxylic acids is 1. The number of para-hydroxylation sites is 1. The number of amides is 1. The van der Waals surface area contributed by atoms with Crippen LogP contribution in [0.5, 0.6) is 0 Å². The molecule has 0 aliphatic carbocycles. The van der Waals surface area contributed by atoms with Gasteiger partial charge in [0.2, 0.25) is 0 Å². The van der Waals surface area contributed by atoms with Crippen molar-refractivity contribution in [2.75, 3.05) is 23.3 Å². The minimum absolute atomic E-state index is 0.0243. The third kappa shape index (κ3) is 4.81. The first kappa shape index (κ1) is 17.0. The zero-order valence-electron chi connectivity index (χ0n) is 14.0. The summed E-state index contributed by atoms with van der Waals surface area (Å²) in [4.78, 5) is 18.8. The van der Waals surface area contributed by atoms with E-state index in [0.29, 0.717) is 12.1 Å². The van der Waals surface area contributed by atoms with Gasteiger partial charge in [0, 0.05) is 25.0 Å². The minimum atomic E-state index is -0.0243. The number of nitrogens with zero attached hydrogens (tertiary/aromatic N) is 2. The molecule has 0 saturated heterocycles. The Morgan fingerprint density at radius 3 is 2.48 bits per heavy atom. The molecule has 4 heteroatoms. The van der Waals surface area contributed by atoms with Crippen LogP contribution in [0.1, 0.15) is 43.5 Å². The molecule has 2 rings (SSSR count). The molecule has 1 N–H and O–H groups in total. The summed E-state index contributed by atoms with van der Waals surface area (Å²) in [5, 5.41) is 3.28. The second-order valence-corrected chi connectivity index (χ2v) is 5.45. The molecule has 1 aromatic heterocycles. The van der Waals surface area contributed by atoms with Gasteiger partial charge in [-0.2, -0.15) is 0 Å². The van der Waals surface area contributed by atoms with Crippen LogP contribution in [0.3, 0.4) is 0 Å². The van der Waals surface area contributed by atoms with Crippen molar-refractivity contribution < 1.29 is 4.79 Å². The van der Waals surface area contributed by atoms with Crippen molar-refractivity contribution in [3.63, 3.8) is 0 Å². The van der Waals surface area contributed by atoms with Gasteiger partial charge in [-0.3, -0.25) is 4.79 Å². The highest BCUT2D eigenvalue weighted by Gasteiger charge is 2.16. The smallest absolute Gasteiger partial charge is 0.259 e. The first-order valence-corrected chi connectivity index (χ1v) is 8.33. The molecule has 4 nitrogen and oxygen atoms in total. The van der Waals surface area contributed by atoms with Crippen molar-refractivity contribution in [1.82, 2.24) is 4.98 Å². The Morgan fingerprint density at radius 2 is 1.87 bits per heavy atom. The molecule has 122 valence electrons. The van der Waals surface area contributed by atoms with E-state index in [1.807, 2.05) is 49.4 Å². The number of aromatic nitrogens is 1. The molecule has 0 unspecified atom stereocenters. The largest absolute Gasteiger partial charge is 0.370 e. The van der Waals surface area contributed by atoms with Crippen molar-refractivity contribution in [3.8, 4) is 0 Å². The molecule has 0 radical (unpaired) electrons. The van der Waals surface area contributed by atoms with E-state index in [9.17, 15) is 4.79 Å². The standard InChI is InChI=1S/C19H25N3O/c1-3-5-9-14-20-18-13-12-16(15-21-18)19(23)22(4-2)17-10-7-6-8-11-17/h6-8,10-13,15H,3-5,9,14H2,1-2H3,(H,20,21). The predicted molar refractivity (Wildman–Crippen MR) is 96.0 cm³/mol. The van der Waals surface area contributed by atoms with Crippen LogP contribution in [0.25, 0.3) is 0 Å². The lowest BCUT2D eigenvalue weighted by Crippen LogP contribution is -2.30. The summed E-state index contributed by atoms with van der Waals surface area (Å²) < 4.78 is 0. The number of unbranched alkanes of at least 4 members (excludes halogenated alkanes) is 2. The fraction of sp³-hybridized carbons (Fsp3) is 0.368. The van der Waals surface area contributed by atoms with Gasteiger partial charge in [0.1, 0.15) is 5.82 Å². The lowest BCUT2D eigenvalue weighted by Gasteiger charge is -2.21. The van der Waals surface area contributed by atoms with Crippen molar-refractivity contribution in [3.05, 3.63) is 54.2 Å². The van der Waals surface area contributed by atoms with E-state index in [-0.39, 0.29) is 5.91 Å². The zero-order valence-corrected chi connectivity index (χ0v) is 14.0. The van der Waals surface area contributed by atoms with Gasteiger partial charge in [-0.05, 0) is 37.6 Å². The molecule has 23 heavy (non-hydrogen) atoms. The average Bonchev–Trinajstić information content (AvgIpc) is 2.61. The maximum absolute atomic E-state index is 12.7. The van der Waals surface area contributed by atoms with Crippen molar-refractivity contribution in [2.45, 2.75) is 33.1 Å². The lowest BCUT2D eigenvalue weighted by atomic mass is 10.2. The van der Waals surface area contributed by atoms with Crippen LogP contribution < -0.4 is 10.2 Å². The molecule has 0 saturated carbocycles. The summed E-state index contributed by atoms with van der Waals surface area (Å²) in [5.74, 6) is 0.796. The molecular weight excluding hydrogens is 286 g/mol. The van der Waals surface area contributed by atoms with E-state index in [1.54, 1.807) is 11.1 Å². The van der Waals surface area contributed by atoms with E-state index < -0.39 is 0 Å². The van der Waals surface area contributed by atoms with E-state index in [1.165, 1.54) is 12.8 Å². The minimum Gasteiger partial charge on any atom is -0.370 e. The molecular formula is C19H25N3O. The predicted octanol–water partition coefficient (Wildman–Crippen LogP) is 4.35. The Labute approximate surface area is 138 Å². The van der Waals surface area contributed by atoms with Crippen LogP contribution >= 0.6 is 0 Å². The summed E-state index contributed by atoms with van der Waals surface area (Å²) in [6.45, 7) is 5.70. The third-order valence-electron chi connectivity index (χ3n) is 3.73. The van der Waals surface area contributed by atoms with Gasteiger partial charge in [0.05, 0.1) is 5.56 Å². The van der Waals surface area contributed by atoms with Gasteiger partial charge < -0.3 is 10.2 Å². The normalized spacial score (nSPS) is 10.3. The van der Waals surface area contributed by atoms with Crippen molar-refractivity contribution >= 4 is 17.4 Å².